The van der Waals surface area contributed by atoms with Crippen molar-refractivity contribution in [2.75, 3.05) is 4.90 Å². The molecule has 0 aromatic heterocycles. The molecule has 1 aliphatic heterocycles. The van der Waals surface area contributed by atoms with Gasteiger partial charge in [0, 0.05) is 30.2 Å². The van der Waals surface area contributed by atoms with Crippen LogP contribution in [0.15, 0.2) is 80.6 Å². The van der Waals surface area contributed by atoms with Crippen LogP contribution in [0.4, 0.5) is 5.69 Å². The number of nitrogens with zero attached hydrogens (tertiary/aromatic N) is 1. The molecular weight excluding hydrogens is 589 g/mol. The summed E-state index contributed by atoms with van der Waals surface area (Å²) < 4.78 is 28.9. The van der Waals surface area contributed by atoms with Crippen molar-refractivity contribution in [3.8, 4) is 0 Å². The summed E-state index contributed by atoms with van der Waals surface area (Å²) in [7, 11) is -4.09. The number of amides is 1. The van der Waals surface area contributed by atoms with Crippen LogP contribution < -0.4 is 4.90 Å². The highest BCUT2D eigenvalue weighted by Crippen LogP contribution is 2.45. The van der Waals surface area contributed by atoms with Gasteiger partial charge in [0.15, 0.2) is 5.37 Å². The average molecular weight is 602 g/mol. The van der Waals surface area contributed by atoms with Gasteiger partial charge in [0.1, 0.15) is 4.91 Å². The monoisotopic (exact) mass is 599 g/mol. The lowest BCUT2D eigenvalue weighted by Crippen LogP contribution is -2.29. The van der Waals surface area contributed by atoms with Gasteiger partial charge in [-0.1, -0.05) is 73.3 Å². The fourth-order valence-corrected chi connectivity index (χ4v) is 6.35. The lowest BCUT2D eigenvalue weighted by molar-refractivity contribution is -0.114. The van der Waals surface area contributed by atoms with E-state index in [4.69, 9.17) is 23.2 Å². The Bertz CT molecular complexity index is 1310. The molecule has 3 aromatic rings. The number of hydrogen-bond donors (Lipinski definition) is 0. The second kappa shape index (κ2) is 8.71. The van der Waals surface area contributed by atoms with E-state index in [-0.39, 0.29) is 15.5 Å². The van der Waals surface area contributed by atoms with Gasteiger partial charge in [-0.3, -0.25) is 9.69 Å². The fraction of sp³-hybridized carbons (Fsp3) is 0.0455. The van der Waals surface area contributed by atoms with Gasteiger partial charge in [-0.15, -0.1) is 0 Å². The van der Waals surface area contributed by atoms with Crippen LogP contribution in [0.3, 0.4) is 0 Å². The van der Waals surface area contributed by atoms with Crippen molar-refractivity contribution in [2.24, 2.45) is 0 Å². The predicted octanol–water partition coefficient (Wildman–Crippen LogP) is 7.02. The molecule has 1 amide bonds. The molecule has 0 saturated carbocycles. The van der Waals surface area contributed by atoms with Crippen LogP contribution in [0.5, 0.6) is 0 Å². The maximum atomic E-state index is 13.6. The Morgan fingerprint density at radius 1 is 0.871 bits per heavy atom. The van der Waals surface area contributed by atoms with Gasteiger partial charge >= 0.3 is 0 Å². The lowest BCUT2D eigenvalue weighted by atomic mass is 10.1. The normalized spacial score (nSPS) is 19.2. The summed E-state index contributed by atoms with van der Waals surface area (Å²) in [5.41, 5.74) is 1.31. The first kappa shape index (κ1) is 22.6. The second-order valence-corrected chi connectivity index (χ2v) is 11.4. The zero-order valence-electron chi connectivity index (χ0n) is 15.6. The summed E-state index contributed by atoms with van der Waals surface area (Å²) in [6.07, 6.45) is 1.39. The third kappa shape index (κ3) is 4.34. The minimum Gasteiger partial charge on any atom is -0.285 e. The molecule has 1 unspecified atom stereocenters. The molecule has 3 aromatic carbocycles. The first-order valence-electron chi connectivity index (χ1n) is 8.94. The molecular formula is C22H13Br2Cl2NO3S. The highest BCUT2D eigenvalue weighted by Gasteiger charge is 2.50. The van der Waals surface area contributed by atoms with Gasteiger partial charge in [0.2, 0.25) is 9.84 Å². The first-order chi connectivity index (χ1) is 14.7. The predicted molar refractivity (Wildman–Crippen MR) is 132 cm³/mol. The molecule has 0 aliphatic carbocycles. The summed E-state index contributed by atoms with van der Waals surface area (Å²) in [5.74, 6) is -0.624. The number of benzene rings is 3. The Hall–Kier alpha value is -1.64. The summed E-state index contributed by atoms with van der Waals surface area (Å²) in [5, 5.41) is -0.773. The summed E-state index contributed by atoms with van der Waals surface area (Å²) >= 11 is 19.1. The molecule has 0 bridgehead atoms. The molecule has 1 heterocycles. The molecule has 1 atom stereocenters. The van der Waals surface area contributed by atoms with Crippen molar-refractivity contribution in [3.05, 3.63) is 102 Å². The maximum Gasteiger partial charge on any atom is 0.271 e. The smallest absolute Gasteiger partial charge is 0.271 e. The Morgan fingerprint density at radius 3 is 2.03 bits per heavy atom. The topological polar surface area (TPSA) is 54.5 Å². The molecule has 4 rings (SSSR count). The molecule has 4 nitrogen and oxygen atoms in total. The minimum atomic E-state index is -4.09. The van der Waals surface area contributed by atoms with Gasteiger partial charge in [-0.25, -0.2) is 8.42 Å². The third-order valence-electron chi connectivity index (χ3n) is 4.77. The molecule has 158 valence electrons. The van der Waals surface area contributed by atoms with E-state index in [2.05, 4.69) is 31.9 Å². The summed E-state index contributed by atoms with van der Waals surface area (Å²) in [6, 6.07) is 18.4. The molecule has 0 radical (unpaired) electrons. The highest BCUT2D eigenvalue weighted by atomic mass is 79.9. The van der Waals surface area contributed by atoms with Crippen LogP contribution in [0.1, 0.15) is 16.5 Å². The number of rotatable bonds is 3. The van der Waals surface area contributed by atoms with Crippen molar-refractivity contribution in [1.82, 2.24) is 0 Å². The van der Waals surface area contributed by atoms with Crippen LogP contribution >= 0.6 is 55.1 Å². The highest BCUT2D eigenvalue weighted by molar-refractivity contribution is 9.10. The molecule has 9 heteroatoms. The SMILES string of the molecule is O=C1/C(=C\c2ccc(Br)cc2)S(=O)(=O)C(c2ccc(Cl)cc2Cl)N1c1ccc(Br)cc1. The number of anilines is 1. The molecule has 1 saturated heterocycles. The maximum absolute atomic E-state index is 13.6. The van der Waals surface area contributed by atoms with E-state index in [9.17, 15) is 13.2 Å². The Morgan fingerprint density at radius 2 is 1.45 bits per heavy atom. The number of carbonyl (C=O) groups excluding carboxylic acids is 1. The van der Waals surface area contributed by atoms with Gasteiger partial charge in [0.05, 0.1) is 0 Å². The van der Waals surface area contributed by atoms with E-state index in [0.29, 0.717) is 16.3 Å². The van der Waals surface area contributed by atoms with Gasteiger partial charge in [-0.05, 0) is 60.2 Å². The summed E-state index contributed by atoms with van der Waals surface area (Å²) in [6.45, 7) is 0. The lowest BCUT2D eigenvalue weighted by Gasteiger charge is -2.24. The average Bonchev–Trinajstić information content (AvgIpc) is 2.91. The first-order valence-corrected chi connectivity index (χ1v) is 12.8. The Labute approximate surface area is 206 Å². The van der Waals surface area contributed by atoms with E-state index in [1.807, 2.05) is 0 Å². The number of carbonyl (C=O) groups is 1. The molecule has 1 fully saturated rings. The number of halogens is 4. The van der Waals surface area contributed by atoms with Crippen molar-refractivity contribution < 1.29 is 13.2 Å². The quantitative estimate of drug-likeness (QED) is 0.303. The minimum absolute atomic E-state index is 0.167. The number of hydrogen-bond acceptors (Lipinski definition) is 3. The van der Waals surface area contributed by atoms with Crippen LogP contribution in [-0.4, -0.2) is 14.3 Å². The van der Waals surface area contributed by atoms with Crippen LogP contribution in [-0.2, 0) is 14.6 Å². The largest absolute Gasteiger partial charge is 0.285 e. The van der Waals surface area contributed by atoms with Crippen molar-refractivity contribution in [1.29, 1.82) is 0 Å². The fourth-order valence-electron chi connectivity index (χ4n) is 3.32. The van der Waals surface area contributed by atoms with Crippen LogP contribution in [0.2, 0.25) is 10.0 Å². The Kier molecular flexibility index (Phi) is 6.34. The van der Waals surface area contributed by atoms with Gasteiger partial charge < -0.3 is 0 Å². The van der Waals surface area contributed by atoms with E-state index < -0.39 is 21.1 Å². The molecule has 31 heavy (non-hydrogen) atoms. The zero-order valence-corrected chi connectivity index (χ0v) is 21.1. The third-order valence-corrected chi connectivity index (χ3v) is 8.34. The number of sulfone groups is 1. The van der Waals surface area contributed by atoms with E-state index >= 15 is 0 Å². The second-order valence-electron chi connectivity index (χ2n) is 6.77. The molecule has 1 aliphatic rings. The van der Waals surface area contributed by atoms with E-state index in [1.165, 1.54) is 23.1 Å². The van der Waals surface area contributed by atoms with Crippen molar-refractivity contribution >= 4 is 82.6 Å². The van der Waals surface area contributed by atoms with Gasteiger partial charge in [-0.2, -0.15) is 0 Å². The van der Waals surface area contributed by atoms with E-state index in [1.54, 1.807) is 54.6 Å². The van der Waals surface area contributed by atoms with Crippen molar-refractivity contribution in [2.45, 2.75) is 5.37 Å². The van der Waals surface area contributed by atoms with Crippen LogP contribution in [0.25, 0.3) is 6.08 Å². The zero-order chi connectivity index (χ0) is 22.3. The van der Waals surface area contributed by atoms with E-state index in [0.717, 1.165) is 8.95 Å². The Balaban J connectivity index is 1.93. The van der Waals surface area contributed by atoms with Crippen LogP contribution in [0, 0.1) is 0 Å². The standard InChI is InChI=1S/C22H13Br2Cl2NO3S/c23-14-3-1-13(2-4-14)11-20-21(28)27(17-8-5-15(24)6-9-17)22(31(20,29)30)18-10-7-16(25)12-19(18)26/h1-12,22H/b20-11+. The van der Waals surface area contributed by atoms with Gasteiger partial charge in [0.25, 0.3) is 5.91 Å². The molecule has 0 N–H and O–H groups in total. The summed E-state index contributed by atoms with van der Waals surface area (Å²) in [4.78, 5) is 14.4. The molecule has 0 spiro atoms. The van der Waals surface area contributed by atoms with Crippen molar-refractivity contribution in [3.63, 3.8) is 0 Å².